The van der Waals surface area contributed by atoms with Crippen molar-refractivity contribution in [1.29, 1.82) is 0 Å². The predicted octanol–water partition coefficient (Wildman–Crippen LogP) is 2.93. The number of benzene rings is 2. The zero-order valence-corrected chi connectivity index (χ0v) is 16.1. The lowest BCUT2D eigenvalue weighted by Crippen LogP contribution is -2.41. The van der Waals surface area contributed by atoms with Crippen molar-refractivity contribution in [2.45, 2.75) is 25.8 Å². The zero-order chi connectivity index (χ0) is 20.4. The molecule has 1 amide bonds. The summed E-state index contributed by atoms with van der Waals surface area (Å²) in [5, 5.41) is 19.6. The minimum Gasteiger partial charge on any atom is -0.507 e. The topological polar surface area (TPSA) is 96.3 Å². The number of rotatable bonds is 5. The smallest absolute Gasteiger partial charge is 0.305 e. The molecule has 148 valence electrons. The number of fused-ring (bicyclic) bond motifs is 1. The van der Waals surface area contributed by atoms with Crippen molar-refractivity contribution in [2.75, 3.05) is 20.8 Å². The number of carboxylic acids is 1. The van der Waals surface area contributed by atoms with E-state index in [-0.39, 0.29) is 17.7 Å². The SMILES string of the molecule is COc1cc2c(cc1OC)C(CC(=O)O)N(C(=O)c1ccc(C)cc1O)CC2. The number of aliphatic carboxylic acids is 1. The minimum atomic E-state index is -1.02. The number of phenolic OH excluding ortho intramolecular Hbond substituents is 1. The van der Waals surface area contributed by atoms with Crippen LogP contribution >= 0.6 is 0 Å². The molecule has 0 fully saturated rings. The molecule has 0 bridgehead atoms. The van der Waals surface area contributed by atoms with Crippen molar-refractivity contribution in [3.8, 4) is 17.2 Å². The van der Waals surface area contributed by atoms with Gasteiger partial charge in [0.1, 0.15) is 5.75 Å². The van der Waals surface area contributed by atoms with Gasteiger partial charge in [-0.1, -0.05) is 6.07 Å². The normalized spacial score (nSPS) is 15.7. The molecular weight excluding hydrogens is 362 g/mol. The second-order valence-corrected chi connectivity index (χ2v) is 6.79. The van der Waals surface area contributed by atoms with Gasteiger partial charge in [0.25, 0.3) is 5.91 Å². The molecule has 0 radical (unpaired) electrons. The van der Waals surface area contributed by atoms with Gasteiger partial charge in [-0.25, -0.2) is 0 Å². The van der Waals surface area contributed by atoms with Crippen LogP contribution < -0.4 is 9.47 Å². The van der Waals surface area contributed by atoms with Crippen molar-refractivity contribution in [2.24, 2.45) is 0 Å². The van der Waals surface area contributed by atoms with E-state index in [1.807, 2.05) is 13.0 Å². The summed E-state index contributed by atoms with van der Waals surface area (Å²) in [6, 6.07) is 7.71. The van der Waals surface area contributed by atoms with E-state index < -0.39 is 17.9 Å². The van der Waals surface area contributed by atoms with Crippen molar-refractivity contribution < 1.29 is 29.3 Å². The first-order valence-electron chi connectivity index (χ1n) is 8.93. The highest BCUT2D eigenvalue weighted by atomic mass is 16.5. The van der Waals surface area contributed by atoms with Gasteiger partial charge in [-0.3, -0.25) is 9.59 Å². The van der Waals surface area contributed by atoms with Crippen molar-refractivity contribution in [3.63, 3.8) is 0 Å². The molecule has 2 N–H and O–H groups in total. The predicted molar refractivity (Wildman–Crippen MR) is 102 cm³/mol. The zero-order valence-electron chi connectivity index (χ0n) is 16.1. The lowest BCUT2D eigenvalue weighted by molar-refractivity contribution is -0.138. The van der Waals surface area contributed by atoms with Gasteiger partial charge in [-0.05, 0) is 54.3 Å². The quantitative estimate of drug-likeness (QED) is 0.822. The molecule has 2 aromatic carbocycles. The van der Waals surface area contributed by atoms with Gasteiger partial charge in [0.05, 0.1) is 32.2 Å². The van der Waals surface area contributed by atoms with Crippen LogP contribution in [0.4, 0.5) is 0 Å². The van der Waals surface area contributed by atoms with Crippen LogP contribution in [0.5, 0.6) is 17.2 Å². The van der Waals surface area contributed by atoms with E-state index in [0.29, 0.717) is 30.0 Å². The molecule has 28 heavy (non-hydrogen) atoms. The third kappa shape index (κ3) is 3.60. The summed E-state index contributed by atoms with van der Waals surface area (Å²) in [7, 11) is 3.05. The Labute approximate surface area is 163 Å². The maximum absolute atomic E-state index is 13.1. The maximum atomic E-state index is 13.1. The van der Waals surface area contributed by atoms with E-state index in [4.69, 9.17) is 9.47 Å². The lowest BCUT2D eigenvalue weighted by Gasteiger charge is -2.37. The second kappa shape index (κ2) is 7.80. The molecule has 1 aliphatic rings. The molecule has 0 aliphatic carbocycles. The summed E-state index contributed by atoms with van der Waals surface area (Å²) < 4.78 is 10.7. The van der Waals surface area contributed by atoms with Crippen LogP contribution in [0.25, 0.3) is 0 Å². The Hall–Kier alpha value is -3.22. The van der Waals surface area contributed by atoms with Crippen LogP contribution in [-0.4, -0.2) is 47.8 Å². The number of ether oxygens (including phenoxy) is 2. The van der Waals surface area contributed by atoms with Crippen LogP contribution in [0.3, 0.4) is 0 Å². The fourth-order valence-electron chi connectivity index (χ4n) is 3.63. The van der Waals surface area contributed by atoms with Gasteiger partial charge < -0.3 is 24.6 Å². The standard InChI is InChI=1S/C21H23NO6/c1-12-4-5-14(17(23)8-12)21(26)22-7-6-13-9-18(27-2)19(28-3)10-15(13)16(22)11-20(24)25/h4-5,8-10,16,23H,6-7,11H2,1-3H3,(H,24,25). The average molecular weight is 385 g/mol. The summed E-state index contributed by atoms with van der Waals surface area (Å²) in [4.78, 5) is 26.2. The first-order chi connectivity index (χ1) is 13.3. The number of carboxylic acid groups (broad SMARTS) is 1. The monoisotopic (exact) mass is 385 g/mol. The van der Waals surface area contributed by atoms with Gasteiger partial charge in [0.15, 0.2) is 11.5 Å². The van der Waals surface area contributed by atoms with Gasteiger partial charge in [0, 0.05) is 6.54 Å². The highest BCUT2D eigenvalue weighted by molar-refractivity contribution is 5.97. The van der Waals surface area contributed by atoms with E-state index in [9.17, 15) is 19.8 Å². The molecular formula is C21H23NO6. The Morgan fingerprint density at radius 3 is 2.43 bits per heavy atom. The average Bonchev–Trinajstić information content (AvgIpc) is 2.66. The van der Waals surface area contributed by atoms with Gasteiger partial charge >= 0.3 is 5.97 Å². The fourth-order valence-corrected chi connectivity index (χ4v) is 3.63. The molecule has 0 aromatic heterocycles. The Balaban J connectivity index is 2.05. The van der Waals surface area contributed by atoms with Crippen molar-refractivity contribution >= 4 is 11.9 Å². The van der Waals surface area contributed by atoms with Crippen LogP contribution in [0.15, 0.2) is 30.3 Å². The first kappa shape index (κ1) is 19.5. The highest BCUT2D eigenvalue weighted by Crippen LogP contribution is 2.40. The molecule has 1 unspecified atom stereocenters. The molecule has 1 aliphatic heterocycles. The van der Waals surface area contributed by atoms with Gasteiger partial charge in [-0.15, -0.1) is 0 Å². The van der Waals surface area contributed by atoms with Crippen LogP contribution in [-0.2, 0) is 11.2 Å². The molecule has 0 saturated carbocycles. The number of hydrogen-bond donors (Lipinski definition) is 2. The first-order valence-corrected chi connectivity index (χ1v) is 8.93. The number of methoxy groups -OCH3 is 2. The number of carbonyl (C=O) groups is 2. The highest BCUT2D eigenvalue weighted by Gasteiger charge is 2.34. The Bertz CT molecular complexity index is 923. The summed E-state index contributed by atoms with van der Waals surface area (Å²) in [5.41, 5.74) is 2.62. The third-order valence-corrected chi connectivity index (χ3v) is 5.02. The molecule has 3 rings (SSSR count). The van der Waals surface area contributed by atoms with E-state index in [1.54, 1.807) is 18.2 Å². The fraction of sp³-hybridized carbons (Fsp3) is 0.333. The molecule has 2 aromatic rings. The number of phenols is 1. The molecule has 7 heteroatoms. The molecule has 1 heterocycles. The van der Waals surface area contributed by atoms with Gasteiger partial charge in [0.2, 0.25) is 0 Å². The number of aromatic hydroxyl groups is 1. The third-order valence-electron chi connectivity index (χ3n) is 5.02. The Morgan fingerprint density at radius 1 is 1.14 bits per heavy atom. The number of nitrogens with zero attached hydrogens (tertiary/aromatic N) is 1. The number of aryl methyl sites for hydroxylation is 1. The largest absolute Gasteiger partial charge is 0.507 e. The summed E-state index contributed by atoms with van der Waals surface area (Å²) in [6.45, 7) is 2.16. The van der Waals surface area contributed by atoms with Crippen LogP contribution in [0.1, 0.15) is 39.5 Å². The molecule has 0 spiro atoms. The Morgan fingerprint density at radius 2 is 1.82 bits per heavy atom. The number of amides is 1. The van der Waals surface area contributed by atoms with E-state index >= 15 is 0 Å². The van der Waals surface area contributed by atoms with E-state index in [2.05, 4.69) is 0 Å². The Kier molecular flexibility index (Phi) is 5.44. The molecule has 7 nitrogen and oxygen atoms in total. The maximum Gasteiger partial charge on any atom is 0.305 e. The van der Waals surface area contributed by atoms with Crippen molar-refractivity contribution in [1.82, 2.24) is 4.90 Å². The summed E-state index contributed by atoms with van der Waals surface area (Å²) in [6.07, 6.45) is 0.297. The summed E-state index contributed by atoms with van der Waals surface area (Å²) >= 11 is 0. The van der Waals surface area contributed by atoms with Crippen LogP contribution in [0.2, 0.25) is 0 Å². The van der Waals surface area contributed by atoms with Gasteiger partial charge in [-0.2, -0.15) is 0 Å². The van der Waals surface area contributed by atoms with E-state index in [0.717, 1.165) is 11.1 Å². The second-order valence-electron chi connectivity index (χ2n) is 6.79. The summed E-state index contributed by atoms with van der Waals surface area (Å²) in [5.74, 6) is -0.490. The molecule has 0 saturated heterocycles. The van der Waals surface area contributed by atoms with Crippen molar-refractivity contribution in [3.05, 3.63) is 52.6 Å². The van der Waals surface area contributed by atoms with E-state index in [1.165, 1.54) is 25.2 Å². The van der Waals surface area contributed by atoms with Crippen LogP contribution in [0, 0.1) is 6.92 Å². The minimum absolute atomic E-state index is 0.114. The molecule has 1 atom stereocenters. The lowest BCUT2D eigenvalue weighted by atomic mass is 9.89. The number of hydrogen-bond acceptors (Lipinski definition) is 5. The number of carbonyl (C=O) groups excluding carboxylic acids is 1.